The third-order valence-corrected chi connectivity index (χ3v) is 5.43. The molecule has 1 aromatic carbocycles. The van der Waals surface area contributed by atoms with Crippen molar-refractivity contribution in [2.45, 2.75) is 32.8 Å². The minimum atomic E-state index is -0.623. The van der Waals surface area contributed by atoms with Crippen LogP contribution in [0.4, 0.5) is 15.0 Å². The molecule has 0 bridgehead atoms. The van der Waals surface area contributed by atoms with Gasteiger partial charge in [0, 0.05) is 43.8 Å². The lowest BCUT2D eigenvalue weighted by Crippen LogP contribution is -2.39. The Morgan fingerprint density at radius 3 is 2.43 bits per heavy atom. The van der Waals surface area contributed by atoms with Gasteiger partial charge in [-0.1, -0.05) is 0 Å². The predicted molar refractivity (Wildman–Crippen MR) is 128 cm³/mol. The number of benzene rings is 1. The molecule has 3 aromatic rings. The monoisotopic (exact) mass is 481 g/mol. The summed E-state index contributed by atoms with van der Waals surface area (Å²) in [6.45, 7) is 6.24. The van der Waals surface area contributed by atoms with E-state index in [2.05, 4.69) is 4.98 Å². The molecule has 1 saturated heterocycles. The lowest BCUT2D eigenvalue weighted by atomic mass is 10.1. The number of hydrogen-bond acceptors (Lipinski definition) is 6. The summed E-state index contributed by atoms with van der Waals surface area (Å²) in [7, 11) is 1.53. The molecule has 0 aliphatic carbocycles. The highest BCUT2D eigenvalue weighted by Crippen LogP contribution is 2.29. The van der Waals surface area contributed by atoms with E-state index in [1.165, 1.54) is 24.1 Å². The maximum absolute atomic E-state index is 13.6. The first-order valence-corrected chi connectivity index (χ1v) is 11.3. The quantitative estimate of drug-likeness (QED) is 0.558. The Labute approximate surface area is 203 Å². The van der Waals surface area contributed by atoms with Crippen LogP contribution >= 0.6 is 0 Å². The largest absolute Gasteiger partial charge is 0.481 e. The SMILES string of the molecule is COc1ccc(-n2nc(N3CCN(C(=O)OC(C)(C)C)CCC3=O)cc2-c2ccc(F)cc2)cn1. The molecule has 0 atom stereocenters. The number of pyridine rings is 1. The zero-order valence-electron chi connectivity index (χ0n) is 20.2. The van der Waals surface area contributed by atoms with Crippen LogP contribution in [0.2, 0.25) is 0 Å². The Morgan fingerprint density at radius 2 is 1.80 bits per heavy atom. The molecule has 10 heteroatoms. The molecule has 1 aliphatic heterocycles. The van der Waals surface area contributed by atoms with E-state index in [1.807, 2.05) is 0 Å². The Kier molecular flexibility index (Phi) is 6.72. The van der Waals surface area contributed by atoms with Gasteiger partial charge in [0.05, 0.1) is 24.7 Å². The van der Waals surface area contributed by atoms with Gasteiger partial charge >= 0.3 is 6.09 Å². The highest BCUT2D eigenvalue weighted by molar-refractivity contribution is 5.94. The zero-order chi connectivity index (χ0) is 25.2. The molecular weight excluding hydrogens is 453 g/mol. The lowest BCUT2D eigenvalue weighted by Gasteiger charge is -2.26. The van der Waals surface area contributed by atoms with Gasteiger partial charge in [-0.2, -0.15) is 0 Å². The molecular formula is C25H28FN5O4. The van der Waals surface area contributed by atoms with E-state index in [-0.39, 0.29) is 31.2 Å². The second-order valence-electron chi connectivity index (χ2n) is 9.13. The average molecular weight is 482 g/mol. The van der Waals surface area contributed by atoms with Gasteiger partial charge in [-0.05, 0) is 51.1 Å². The highest BCUT2D eigenvalue weighted by atomic mass is 19.1. The van der Waals surface area contributed by atoms with Gasteiger partial charge in [0.1, 0.15) is 11.4 Å². The van der Waals surface area contributed by atoms with E-state index in [9.17, 15) is 14.0 Å². The van der Waals surface area contributed by atoms with E-state index in [4.69, 9.17) is 14.6 Å². The van der Waals surface area contributed by atoms with Crippen molar-refractivity contribution >= 4 is 17.8 Å². The summed E-state index contributed by atoms with van der Waals surface area (Å²) < 4.78 is 25.8. The molecule has 3 heterocycles. The van der Waals surface area contributed by atoms with Crippen molar-refractivity contribution < 1.29 is 23.5 Å². The number of anilines is 1. The van der Waals surface area contributed by atoms with Crippen molar-refractivity contribution in [2.24, 2.45) is 0 Å². The fourth-order valence-electron chi connectivity index (χ4n) is 3.72. The van der Waals surface area contributed by atoms with Gasteiger partial charge in [-0.3, -0.25) is 9.69 Å². The van der Waals surface area contributed by atoms with Gasteiger partial charge < -0.3 is 14.4 Å². The summed E-state index contributed by atoms with van der Waals surface area (Å²) in [5.41, 5.74) is 1.41. The number of ether oxygens (including phenoxy) is 2. The molecule has 0 saturated carbocycles. The third-order valence-electron chi connectivity index (χ3n) is 5.43. The van der Waals surface area contributed by atoms with Crippen LogP contribution in [0.5, 0.6) is 5.88 Å². The van der Waals surface area contributed by atoms with Gasteiger partial charge in [0.2, 0.25) is 11.8 Å². The Balaban J connectivity index is 1.67. The van der Waals surface area contributed by atoms with Gasteiger partial charge in [0.15, 0.2) is 5.82 Å². The Hall–Kier alpha value is -3.95. The molecule has 4 rings (SSSR count). The number of amides is 2. The molecule has 0 radical (unpaired) electrons. The average Bonchev–Trinajstić information content (AvgIpc) is 3.15. The van der Waals surface area contributed by atoms with Gasteiger partial charge in [-0.25, -0.2) is 18.9 Å². The van der Waals surface area contributed by atoms with Gasteiger partial charge in [0.25, 0.3) is 0 Å². The first-order valence-electron chi connectivity index (χ1n) is 11.3. The van der Waals surface area contributed by atoms with Crippen molar-refractivity contribution in [3.8, 4) is 22.8 Å². The maximum atomic E-state index is 13.6. The molecule has 35 heavy (non-hydrogen) atoms. The zero-order valence-corrected chi connectivity index (χ0v) is 20.2. The lowest BCUT2D eigenvalue weighted by molar-refractivity contribution is -0.118. The smallest absolute Gasteiger partial charge is 0.410 e. The van der Waals surface area contributed by atoms with Crippen molar-refractivity contribution in [2.75, 3.05) is 31.6 Å². The molecule has 0 spiro atoms. The molecule has 2 amide bonds. The fourth-order valence-corrected chi connectivity index (χ4v) is 3.72. The molecule has 1 fully saturated rings. The molecule has 9 nitrogen and oxygen atoms in total. The number of hydrogen-bond donors (Lipinski definition) is 0. The first kappa shape index (κ1) is 24.2. The first-order chi connectivity index (χ1) is 16.6. The number of rotatable bonds is 4. The van der Waals surface area contributed by atoms with Crippen molar-refractivity contribution in [1.29, 1.82) is 0 Å². The molecule has 0 unspecified atom stereocenters. The second kappa shape index (κ2) is 9.73. The summed E-state index contributed by atoms with van der Waals surface area (Å²) in [5.74, 6) is 0.376. The van der Waals surface area contributed by atoms with Crippen LogP contribution in [0.25, 0.3) is 16.9 Å². The Morgan fingerprint density at radius 1 is 1.06 bits per heavy atom. The van der Waals surface area contributed by atoms with Crippen LogP contribution in [0.15, 0.2) is 48.7 Å². The standard InChI is InChI=1S/C25H28FN5O4/c1-25(2,3)35-24(33)29-12-11-23(32)30(14-13-29)21-15-20(17-5-7-18(26)8-6-17)31(28-21)19-9-10-22(34-4)27-16-19/h5-10,15-16H,11-14H2,1-4H3. The summed E-state index contributed by atoms with van der Waals surface area (Å²) in [4.78, 5) is 32.9. The minimum absolute atomic E-state index is 0.141. The van der Waals surface area contributed by atoms with E-state index in [1.54, 1.807) is 66.9 Å². The normalized spacial score (nSPS) is 14.6. The number of carbonyl (C=O) groups excluding carboxylic acids is 2. The minimum Gasteiger partial charge on any atom is -0.481 e. The van der Waals surface area contributed by atoms with Crippen molar-refractivity contribution in [1.82, 2.24) is 19.7 Å². The summed E-state index contributed by atoms with van der Waals surface area (Å²) in [6.07, 6.45) is 1.30. The maximum Gasteiger partial charge on any atom is 0.410 e. The van der Waals surface area contributed by atoms with E-state index >= 15 is 0 Å². The summed E-state index contributed by atoms with van der Waals surface area (Å²) in [5, 5.41) is 4.69. The van der Waals surface area contributed by atoms with Crippen LogP contribution in [-0.2, 0) is 9.53 Å². The van der Waals surface area contributed by atoms with Crippen LogP contribution < -0.4 is 9.64 Å². The summed E-state index contributed by atoms with van der Waals surface area (Å²) in [6, 6.07) is 11.3. The number of methoxy groups -OCH3 is 1. The molecule has 1 aliphatic rings. The van der Waals surface area contributed by atoms with Gasteiger partial charge in [-0.15, -0.1) is 5.10 Å². The fraction of sp³-hybridized carbons (Fsp3) is 0.360. The second-order valence-corrected chi connectivity index (χ2v) is 9.13. The van der Waals surface area contributed by atoms with E-state index in [0.29, 0.717) is 29.6 Å². The summed E-state index contributed by atoms with van der Waals surface area (Å²) >= 11 is 0. The predicted octanol–water partition coefficient (Wildman–Crippen LogP) is 4.06. The molecule has 184 valence electrons. The van der Waals surface area contributed by atoms with Crippen LogP contribution in [0, 0.1) is 5.82 Å². The highest BCUT2D eigenvalue weighted by Gasteiger charge is 2.29. The van der Waals surface area contributed by atoms with Crippen molar-refractivity contribution in [3.05, 3.63) is 54.5 Å². The number of aromatic nitrogens is 3. The van der Waals surface area contributed by atoms with Crippen LogP contribution in [0.3, 0.4) is 0 Å². The topological polar surface area (TPSA) is 89.8 Å². The van der Waals surface area contributed by atoms with E-state index in [0.717, 1.165) is 5.56 Å². The van der Waals surface area contributed by atoms with Crippen molar-refractivity contribution in [3.63, 3.8) is 0 Å². The van der Waals surface area contributed by atoms with E-state index < -0.39 is 11.7 Å². The Bertz CT molecular complexity index is 1200. The number of carbonyl (C=O) groups is 2. The van der Waals surface area contributed by atoms with Crippen LogP contribution in [0.1, 0.15) is 27.2 Å². The third kappa shape index (κ3) is 5.59. The number of halogens is 1. The molecule has 2 aromatic heterocycles. The number of nitrogens with zero attached hydrogens (tertiary/aromatic N) is 5. The molecule has 0 N–H and O–H groups in total. The van der Waals surface area contributed by atoms with Crippen LogP contribution in [-0.4, -0.2) is 64.0 Å².